The molecule has 5 rings (SSSR count). The molecule has 7 nitrogen and oxygen atoms in total. The van der Waals surface area contributed by atoms with Crippen molar-refractivity contribution in [1.29, 1.82) is 0 Å². The minimum atomic E-state index is 0.0532. The molecule has 2 fully saturated rings. The molecular formula is C26H31N5O2. The Balaban J connectivity index is 1.37. The van der Waals surface area contributed by atoms with Gasteiger partial charge in [0, 0.05) is 54.9 Å². The minimum Gasteiger partial charge on any atom is -0.378 e. The maximum absolute atomic E-state index is 11.4. The molecule has 0 atom stereocenters. The first-order chi connectivity index (χ1) is 16.2. The third-order valence-corrected chi connectivity index (χ3v) is 6.61. The SMILES string of the molecule is CC(=O)N[C@H]1CC[C@@H](Nc2nc(-c3ccc(N4CCOCC4)cc3)cc3ncccc23)CC1. The van der Waals surface area contributed by atoms with E-state index in [0.29, 0.717) is 6.04 Å². The van der Waals surface area contributed by atoms with Gasteiger partial charge in [-0.25, -0.2) is 4.98 Å². The Morgan fingerprint density at radius 1 is 1.03 bits per heavy atom. The summed E-state index contributed by atoms with van der Waals surface area (Å²) in [6.45, 7) is 5.00. The molecule has 1 aromatic carbocycles. The molecule has 0 spiro atoms. The summed E-state index contributed by atoms with van der Waals surface area (Å²) >= 11 is 0. The molecule has 2 aromatic heterocycles. The van der Waals surface area contributed by atoms with Gasteiger partial charge in [0.1, 0.15) is 5.82 Å². The fourth-order valence-electron chi connectivity index (χ4n) is 4.86. The molecule has 2 aliphatic rings. The normalized spacial score (nSPS) is 21.1. The standard InChI is InChI=1S/C26H31N5O2/c1-18(32)28-20-6-8-21(9-7-20)29-26-23-3-2-12-27-25(23)17-24(30-26)19-4-10-22(11-5-19)31-13-15-33-16-14-31/h2-5,10-12,17,20-21H,6-9,13-16H2,1H3,(H,28,32)(H,29,30)/t20-,21+. The van der Waals surface area contributed by atoms with Crippen LogP contribution in [-0.2, 0) is 9.53 Å². The van der Waals surface area contributed by atoms with E-state index < -0.39 is 0 Å². The van der Waals surface area contributed by atoms with Crippen LogP contribution in [0, 0.1) is 0 Å². The van der Waals surface area contributed by atoms with Crippen LogP contribution < -0.4 is 15.5 Å². The monoisotopic (exact) mass is 445 g/mol. The van der Waals surface area contributed by atoms with Gasteiger partial charge in [-0.1, -0.05) is 12.1 Å². The molecule has 7 heteroatoms. The average Bonchev–Trinajstić information content (AvgIpc) is 2.85. The molecule has 1 amide bonds. The maximum atomic E-state index is 11.4. The van der Waals surface area contributed by atoms with Crippen LogP contribution in [-0.4, -0.2) is 54.3 Å². The van der Waals surface area contributed by atoms with Gasteiger partial charge in [0.2, 0.25) is 5.91 Å². The smallest absolute Gasteiger partial charge is 0.217 e. The summed E-state index contributed by atoms with van der Waals surface area (Å²) in [4.78, 5) is 23.3. The van der Waals surface area contributed by atoms with E-state index >= 15 is 0 Å². The lowest BCUT2D eigenvalue weighted by molar-refractivity contribution is -0.119. The number of ether oxygens (including phenoxy) is 1. The number of pyridine rings is 2. The van der Waals surface area contributed by atoms with Gasteiger partial charge < -0.3 is 20.3 Å². The van der Waals surface area contributed by atoms with Crippen LogP contribution in [0.5, 0.6) is 0 Å². The zero-order valence-electron chi connectivity index (χ0n) is 19.1. The van der Waals surface area contributed by atoms with E-state index in [1.807, 2.05) is 12.3 Å². The van der Waals surface area contributed by atoms with E-state index in [9.17, 15) is 4.79 Å². The van der Waals surface area contributed by atoms with Crippen molar-refractivity contribution < 1.29 is 9.53 Å². The second-order valence-electron chi connectivity index (χ2n) is 8.97. The highest BCUT2D eigenvalue weighted by atomic mass is 16.5. The van der Waals surface area contributed by atoms with E-state index in [1.165, 1.54) is 5.69 Å². The van der Waals surface area contributed by atoms with Crippen molar-refractivity contribution in [3.63, 3.8) is 0 Å². The fourth-order valence-corrected chi connectivity index (χ4v) is 4.86. The quantitative estimate of drug-likeness (QED) is 0.618. The zero-order chi connectivity index (χ0) is 22.6. The number of amides is 1. The summed E-state index contributed by atoms with van der Waals surface area (Å²) in [7, 11) is 0. The van der Waals surface area contributed by atoms with Crippen molar-refractivity contribution >= 4 is 28.3 Å². The fraction of sp³-hybridized carbons (Fsp3) is 0.423. The lowest BCUT2D eigenvalue weighted by Gasteiger charge is -2.30. The summed E-state index contributed by atoms with van der Waals surface area (Å²) in [6.07, 6.45) is 5.81. The van der Waals surface area contributed by atoms with Crippen LogP contribution in [0.1, 0.15) is 32.6 Å². The maximum Gasteiger partial charge on any atom is 0.217 e. The molecule has 33 heavy (non-hydrogen) atoms. The largest absolute Gasteiger partial charge is 0.378 e. The predicted molar refractivity (Wildman–Crippen MR) is 131 cm³/mol. The summed E-state index contributed by atoms with van der Waals surface area (Å²) < 4.78 is 5.47. The highest BCUT2D eigenvalue weighted by Crippen LogP contribution is 2.30. The summed E-state index contributed by atoms with van der Waals surface area (Å²) in [5.74, 6) is 0.938. The van der Waals surface area contributed by atoms with Gasteiger partial charge in [0.25, 0.3) is 0 Å². The Hall–Kier alpha value is -3.19. The number of hydrogen-bond acceptors (Lipinski definition) is 6. The Morgan fingerprint density at radius 3 is 2.48 bits per heavy atom. The second-order valence-corrected chi connectivity index (χ2v) is 8.97. The topological polar surface area (TPSA) is 79.4 Å². The lowest BCUT2D eigenvalue weighted by Crippen LogP contribution is -2.39. The van der Waals surface area contributed by atoms with Crippen molar-refractivity contribution in [2.24, 2.45) is 0 Å². The van der Waals surface area contributed by atoms with E-state index in [2.05, 4.69) is 56.9 Å². The number of carbonyl (C=O) groups is 1. The van der Waals surface area contributed by atoms with Crippen LogP contribution >= 0.6 is 0 Å². The van der Waals surface area contributed by atoms with Crippen molar-refractivity contribution in [2.45, 2.75) is 44.7 Å². The molecular weight excluding hydrogens is 414 g/mol. The molecule has 0 radical (unpaired) electrons. The van der Waals surface area contributed by atoms with Crippen molar-refractivity contribution in [2.75, 3.05) is 36.5 Å². The van der Waals surface area contributed by atoms with Crippen molar-refractivity contribution in [3.05, 3.63) is 48.7 Å². The third kappa shape index (κ3) is 5.09. The Morgan fingerprint density at radius 2 is 1.76 bits per heavy atom. The minimum absolute atomic E-state index is 0.0532. The van der Waals surface area contributed by atoms with E-state index in [0.717, 1.165) is 80.0 Å². The highest BCUT2D eigenvalue weighted by Gasteiger charge is 2.23. The number of nitrogens with one attached hydrogen (secondary N) is 2. The molecule has 2 N–H and O–H groups in total. The van der Waals surface area contributed by atoms with Gasteiger partial charge in [0.15, 0.2) is 0 Å². The molecule has 172 valence electrons. The first-order valence-corrected chi connectivity index (χ1v) is 11.9. The number of morpholine rings is 1. The molecule has 0 unspecified atom stereocenters. The second kappa shape index (κ2) is 9.75. The van der Waals surface area contributed by atoms with Crippen LogP contribution in [0.25, 0.3) is 22.2 Å². The number of anilines is 2. The summed E-state index contributed by atoms with van der Waals surface area (Å²) in [5.41, 5.74) is 4.16. The number of nitrogens with zero attached hydrogens (tertiary/aromatic N) is 3. The van der Waals surface area contributed by atoms with Gasteiger partial charge >= 0.3 is 0 Å². The molecule has 1 aliphatic heterocycles. The van der Waals surface area contributed by atoms with E-state index in [4.69, 9.17) is 9.72 Å². The lowest BCUT2D eigenvalue weighted by atomic mass is 9.91. The van der Waals surface area contributed by atoms with Crippen LogP contribution in [0.4, 0.5) is 11.5 Å². The molecule has 3 heterocycles. The molecule has 3 aromatic rings. The van der Waals surface area contributed by atoms with E-state index in [-0.39, 0.29) is 11.9 Å². The van der Waals surface area contributed by atoms with Gasteiger partial charge in [-0.15, -0.1) is 0 Å². The van der Waals surface area contributed by atoms with Gasteiger partial charge in [-0.2, -0.15) is 0 Å². The van der Waals surface area contributed by atoms with Gasteiger partial charge in [-0.05, 0) is 56.0 Å². The Labute approximate surface area is 194 Å². The molecule has 1 saturated carbocycles. The van der Waals surface area contributed by atoms with Crippen LogP contribution in [0.3, 0.4) is 0 Å². The Bertz CT molecular complexity index is 1100. The first-order valence-electron chi connectivity index (χ1n) is 11.9. The molecule has 1 saturated heterocycles. The third-order valence-electron chi connectivity index (χ3n) is 6.61. The van der Waals surface area contributed by atoms with Crippen molar-refractivity contribution in [3.8, 4) is 11.3 Å². The van der Waals surface area contributed by atoms with Gasteiger partial charge in [0.05, 0.1) is 24.4 Å². The zero-order valence-corrected chi connectivity index (χ0v) is 19.1. The number of aromatic nitrogens is 2. The summed E-state index contributed by atoms with van der Waals surface area (Å²) in [6, 6.07) is 15.3. The number of hydrogen-bond donors (Lipinski definition) is 2. The molecule has 1 aliphatic carbocycles. The van der Waals surface area contributed by atoms with Gasteiger partial charge in [-0.3, -0.25) is 9.78 Å². The van der Waals surface area contributed by atoms with E-state index in [1.54, 1.807) is 6.92 Å². The molecule has 0 bridgehead atoms. The average molecular weight is 446 g/mol. The number of benzene rings is 1. The highest BCUT2D eigenvalue weighted by molar-refractivity contribution is 5.92. The summed E-state index contributed by atoms with van der Waals surface area (Å²) in [5, 5.41) is 7.77. The van der Waals surface area contributed by atoms with Crippen LogP contribution in [0.15, 0.2) is 48.7 Å². The number of fused-ring (bicyclic) bond motifs is 1. The number of rotatable bonds is 5. The van der Waals surface area contributed by atoms with Crippen LogP contribution in [0.2, 0.25) is 0 Å². The first kappa shape index (κ1) is 21.6. The number of carbonyl (C=O) groups excluding carboxylic acids is 1. The predicted octanol–water partition coefficient (Wildman–Crippen LogP) is 3.99. The van der Waals surface area contributed by atoms with Crippen molar-refractivity contribution in [1.82, 2.24) is 15.3 Å². The Kier molecular flexibility index (Phi) is 6.39.